The van der Waals surface area contributed by atoms with Crippen molar-refractivity contribution in [3.05, 3.63) is 35.4 Å². The zero-order chi connectivity index (χ0) is 9.68. The third-order valence-electron chi connectivity index (χ3n) is 2.15. The number of aryl methyl sites for hydroxylation is 1. The maximum atomic E-state index is 11.1. The van der Waals surface area contributed by atoms with Gasteiger partial charge in [-0.15, -0.1) is 0 Å². The molecular formula is C12H16O. The molecule has 0 spiro atoms. The van der Waals surface area contributed by atoms with Gasteiger partial charge in [0.15, 0.2) is 5.78 Å². The Morgan fingerprint density at radius 3 is 2.77 bits per heavy atom. The van der Waals surface area contributed by atoms with Crippen LogP contribution in [0.3, 0.4) is 0 Å². The van der Waals surface area contributed by atoms with Gasteiger partial charge in [-0.25, -0.2) is 0 Å². The fraction of sp³-hybridized carbons (Fsp3) is 0.417. The topological polar surface area (TPSA) is 17.1 Å². The summed E-state index contributed by atoms with van der Waals surface area (Å²) >= 11 is 0. The monoisotopic (exact) mass is 176 g/mol. The van der Waals surface area contributed by atoms with Crippen LogP contribution in [0.5, 0.6) is 0 Å². The molecule has 0 aliphatic carbocycles. The zero-order valence-electron chi connectivity index (χ0n) is 8.34. The van der Waals surface area contributed by atoms with Gasteiger partial charge in [0.2, 0.25) is 0 Å². The summed E-state index contributed by atoms with van der Waals surface area (Å²) in [5.41, 5.74) is 2.10. The van der Waals surface area contributed by atoms with E-state index in [-0.39, 0.29) is 5.78 Å². The van der Waals surface area contributed by atoms with Crippen molar-refractivity contribution < 1.29 is 4.79 Å². The summed E-state index contributed by atoms with van der Waals surface area (Å²) in [7, 11) is 0. The molecule has 1 aromatic carbocycles. The molecule has 0 aliphatic rings. The molecule has 1 aromatic rings. The second kappa shape index (κ2) is 4.80. The number of hydrogen-bond acceptors (Lipinski definition) is 1. The van der Waals surface area contributed by atoms with Crippen LogP contribution < -0.4 is 0 Å². The van der Waals surface area contributed by atoms with Crippen molar-refractivity contribution in [3.63, 3.8) is 0 Å². The molecule has 0 unspecified atom stereocenters. The van der Waals surface area contributed by atoms with Crippen LogP contribution in [0.15, 0.2) is 24.3 Å². The molecule has 0 aromatic heterocycles. The largest absolute Gasteiger partial charge is 0.295 e. The molecule has 0 saturated heterocycles. The van der Waals surface area contributed by atoms with E-state index in [9.17, 15) is 4.79 Å². The Labute approximate surface area is 79.8 Å². The van der Waals surface area contributed by atoms with Crippen LogP contribution in [-0.2, 0) is 6.42 Å². The van der Waals surface area contributed by atoms with Gasteiger partial charge in [-0.1, -0.05) is 31.5 Å². The summed E-state index contributed by atoms with van der Waals surface area (Å²) in [6.45, 7) is 3.79. The summed E-state index contributed by atoms with van der Waals surface area (Å²) in [6, 6.07) is 7.92. The Morgan fingerprint density at radius 1 is 1.38 bits per heavy atom. The van der Waals surface area contributed by atoms with E-state index in [2.05, 4.69) is 13.0 Å². The number of carbonyl (C=O) groups is 1. The lowest BCUT2D eigenvalue weighted by molar-refractivity contribution is 0.101. The Balaban J connectivity index is 2.73. The van der Waals surface area contributed by atoms with Gasteiger partial charge < -0.3 is 0 Å². The molecular weight excluding hydrogens is 160 g/mol. The highest BCUT2D eigenvalue weighted by molar-refractivity contribution is 5.94. The molecule has 13 heavy (non-hydrogen) atoms. The number of unbranched alkanes of at least 4 members (excludes halogenated alkanes) is 1. The summed E-state index contributed by atoms with van der Waals surface area (Å²) in [5, 5.41) is 0. The molecule has 0 bridgehead atoms. The van der Waals surface area contributed by atoms with E-state index in [0.717, 1.165) is 12.0 Å². The normalized spacial score (nSPS) is 10.0. The molecule has 0 saturated carbocycles. The Hall–Kier alpha value is -1.11. The summed E-state index contributed by atoms with van der Waals surface area (Å²) in [5.74, 6) is 0.151. The van der Waals surface area contributed by atoms with E-state index in [0.29, 0.717) is 0 Å². The van der Waals surface area contributed by atoms with Crippen LogP contribution in [0.1, 0.15) is 42.6 Å². The third-order valence-corrected chi connectivity index (χ3v) is 2.15. The number of Topliss-reactive ketones (excluding diaryl/α,β-unsaturated/α-hetero) is 1. The molecule has 1 rings (SSSR count). The third kappa shape index (κ3) is 3.02. The van der Waals surface area contributed by atoms with Gasteiger partial charge in [-0.2, -0.15) is 0 Å². The highest BCUT2D eigenvalue weighted by atomic mass is 16.1. The molecule has 0 amide bonds. The van der Waals surface area contributed by atoms with Crippen LogP contribution in [0.2, 0.25) is 0 Å². The lowest BCUT2D eigenvalue weighted by atomic mass is 10.0. The van der Waals surface area contributed by atoms with Crippen LogP contribution in [0, 0.1) is 0 Å². The van der Waals surface area contributed by atoms with Crippen LogP contribution >= 0.6 is 0 Å². The van der Waals surface area contributed by atoms with E-state index in [1.54, 1.807) is 6.92 Å². The number of rotatable bonds is 4. The minimum absolute atomic E-state index is 0.151. The van der Waals surface area contributed by atoms with E-state index in [1.165, 1.54) is 18.4 Å². The average molecular weight is 176 g/mol. The Bertz CT molecular complexity index is 289. The average Bonchev–Trinajstić information content (AvgIpc) is 2.15. The van der Waals surface area contributed by atoms with Crippen LogP contribution in [0.25, 0.3) is 0 Å². The van der Waals surface area contributed by atoms with Crippen molar-refractivity contribution in [2.45, 2.75) is 33.1 Å². The van der Waals surface area contributed by atoms with E-state index in [1.807, 2.05) is 18.2 Å². The molecule has 0 aliphatic heterocycles. The molecule has 0 heterocycles. The Kier molecular flexibility index (Phi) is 3.69. The fourth-order valence-corrected chi connectivity index (χ4v) is 1.33. The predicted octanol–water partition coefficient (Wildman–Crippen LogP) is 3.23. The first kappa shape index (κ1) is 9.97. The van der Waals surface area contributed by atoms with Crippen molar-refractivity contribution in [3.8, 4) is 0 Å². The minimum atomic E-state index is 0.151. The van der Waals surface area contributed by atoms with Gasteiger partial charge >= 0.3 is 0 Å². The van der Waals surface area contributed by atoms with Gasteiger partial charge in [0.25, 0.3) is 0 Å². The molecule has 0 fully saturated rings. The quantitative estimate of drug-likeness (QED) is 0.644. The first-order chi connectivity index (χ1) is 6.24. The Morgan fingerprint density at radius 2 is 2.15 bits per heavy atom. The van der Waals surface area contributed by atoms with Gasteiger partial charge in [0, 0.05) is 5.56 Å². The maximum absolute atomic E-state index is 11.1. The summed E-state index contributed by atoms with van der Waals surface area (Å²) in [6.07, 6.45) is 3.48. The molecule has 0 atom stereocenters. The highest BCUT2D eigenvalue weighted by Crippen LogP contribution is 2.08. The minimum Gasteiger partial charge on any atom is -0.295 e. The van der Waals surface area contributed by atoms with E-state index >= 15 is 0 Å². The van der Waals surface area contributed by atoms with Crippen LogP contribution in [-0.4, -0.2) is 5.78 Å². The second-order valence-electron chi connectivity index (χ2n) is 3.36. The fourth-order valence-electron chi connectivity index (χ4n) is 1.33. The zero-order valence-corrected chi connectivity index (χ0v) is 8.34. The molecule has 1 nitrogen and oxygen atoms in total. The van der Waals surface area contributed by atoms with Crippen molar-refractivity contribution in [1.29, 1.82) is 0 Å². The van der Waals surface area contributed by atoms with Crippen molar-refractivity contribution in [1.82, 2.24) is 0 Å². The van der Waals surface area contributed by atoms with E-state index in [4.69, 9.17) is 0 Å². The number of carbonyl (C=O) groups excluding carboxylic acids is 1. The molecule has 70 valence electrons. The maximum Gasteiger partial charge on any atom is 0.159 e. The molecule has 1 heteroatoms. The standard InChI is InChI=1S/C12H16O/c1-3-4-6-11-7-5-8-12(9-11)10(2)13/h5,7-9H,3-4,6H2,1-2H3. The molecule has 0 N–H and O–H groups in total. The van der Waals surface area contributed by atoms with E-state index < -0.39 is 0 Å². The number of benzene rings is 1. The predicted molar refractivity (Wildman–Crippen MR) is 55.1 cm³/mol. The van der Waals surface area contributed by atoms with Gasteiger partial charge in [0.1, 0.15) is 0 Å². The van der Waals surface area contributed by atoms with Crippen molar-refractivity contribution >= 4 is 5.78 Å². The lowest BCUT2D eigenvalue weighted by Crippen LogP contribution is -1.93. The SMILES string of the molecule is CCCCc1cccc(C(C)=O)c1. The lowest BCUT2D eigenvalue weighted by Gasteiger charge is -2.01. The molecule has 0 radical (unpaired) electrons. The van der Waals surface area contributed by atoms with Crippen molar-refractivity contribution in [2.24, 2.45) is 0 Å². The first-order valence-electron chi connectivity index (χ1n) is 4.84. The van der Waals surface area contributed by atoms with Gasteiger partial charge in [-0.3, -0.25) is 4.79 Å². The summed E-state index contributed by atoms with van der Waals surface area (Å²) in [4.78, 5) is 11.1. The smallest absolute Gasteiger partial charge is 0.159 e. The number of ketones is 1. The second-order valence-corrected chi connectivity index (χ2v) is 3.36. The van der Waals surface area contributed by atoms with Gasteiger partial charge in [-0.05, 0) is 31.4 Å². The summed E-state index contributed by atoms with van der Waals surface area (Å²) < 4.78 is 0. The first-order valence-corrected chi connectivity index (χ1v) is 4.84. The number of hydrogen-bond donors (Lipinski definition) is 0. The van der Waals surface area contributed by atoms with Gasteiger partial charge in [0.05, 0.1) is 0 Å². The van der Waals surface area contributed by atoms with Crippen molar-refractivity contribution in [2.75, 3.05) is 0 Å². The highest BCUT2D eigenvalue weighted by Gasteiger charge is 1.99. The van der Waals surface area contributed by atoms with Crippen LogP contribution in [0.4, 0.5) is 0 Å².